The molecule has 30 heavy (non-hydrogen) atoms. The highest BCUT2D eigenvalue weighted by atomic mass is 32.1. The Bertz CT molecular complexity index is 1170. The number of anilines is 4. The van der Waals surface area contributed by atoms with Gasteiger partial charge in [0.15, 0.2) is 0 Å². The molecule has 0 amide bonds. The minimum atomic E-state index is 0.567. The van der Waals surface area contributed by atoms with Gasteiger partial charge in [-0.25, -0.2) is 4.98 Å². The standard InChI is InChI=1S/C22H22N6OS/c1-29-17-8-4-7-15(11-17)24-16-12-19-18(23-13-16)9-10-20(25-19)26-22-28-27-21(30-22)14-5-2-3-6-14/h4,7-14,24H,2-3,5-6H2,1H3,(H,25,26,28). The van der Waals surface area contributed by atoms with E-state index >= 15 is 0 Å². The first kappa shape index (κ1) is 18.7. The fraction of sp³-hybridized carbons (Fsp3) is 0.273. The maximum Gasteiger partial charge on any atom is 0.211 e. The summed E-state index contributed by atoms with van der Waals surface area (Å²) >= 11 is 1.63. The van der Waals surface area contributed by atoms with E-state index in [0.29, 0.717) is 5.92 Å². The zero-order valence-electron chi connectivity index (χ0n) is 16.6. The number of hydrogen-bond donors (Lipinski definition) is 2. The van der Waals surface area contributed by atoms with Crippen LogP contribution in [0.1, 0.15) is 36.6 Å². The van der Waals surface area contributed by atoms with Crippen molar-refractivity contribution >= 4 is 44.7 Å². The molecule has 5 rings (SSSR count). The van der Waals surface area contributed by atoms with Gasteiger partial charge in [0.1, 0.15) is 16.6 Å². The Morgan fingerprint density at radius 1 is 0.967 bits per heavy atom. The SMILES string of the molecule is COc1cccc(Nc2cnc3ccc(Nc4nnc(C5CCCC5)s4)nc3c2)c1. The molecular formula is C22H22N6OS. The van der Waals surface area contributed by atoms with Gasteiger partial charge in [0.05, 0.1) is 30.0 Å². The Morgan fingerprint density at radius 2 is 1.87 bits per heavy atom. The molecule has 0 radical (unpaired) electrons. The van der Waals surface area contributed by atoms with E-state index in [2.05, 4.69) is 25.8 Å². The molecule has 1 aliphatic rings. The minimum Gasteiger partial charge on any atom is -0.497 e. The fourth-order valence-electron chi connectivity index (χ4n) is 3.74. The summed E-state index contributed by atoms with van der Waals surface area (Å²) in [6.07, 6.45) is 6.82. The molecule has 4 aromatic rings. The van der Waals surface area contributed by atoms with E-state index in [1.165, 1.54) is 25.7 Å². The molecule has 8 heteroatoms. The highest BCUT2D eigenvalue weighted by Gasteiger charge is 2.21. The van der Waals surface area contributed by atoms with Gasteiger partial charge in [0, 0.05) is 17.7 Å². The van der Waals surface area contributed by atoms with Crippen LogP contribution < -0.4 is 15.4 Å². The van der Waals surface area contributed by atoms with Crippen LogP contribution >= 0.6 is 11.3 Å². The summed E-state index contributed by atoms with van der Waals surface area (Å²) in [5.74, 6) is 2.10. The van der Waals surface area contributed by atoms with E-state index in [-0.39, 0.29) is 0 Å². The van der Waals surface area contributed by atoms with Crippen LogP contribution in [0.5, 0.6) is 5.75 Å². The highest BCUT2D eigenvalue weighted by molar-refractivity contribution is 7.15. The smallest absolute Gasteiger partial charge is 0.211 e. The molecule has 0 atom stereocenters. The number of nitrogens with zero attached hydrogens (tertiary/aromatic N) is 4. The summed E-state index contributed by atoms with van der Waals surface area (Å²) in [6.45, 7) is 0. The number of pyridine rings is 2. The van der Waals surface area contributed by atoms with Crippen LogP contribution in [-0.4, -0.2) is 27.3 Å². The van der Waals surface area contributed by atoms with Gasteiger partial charge in [-0.15, -0.1) is 10.2 Å². The quantitative estimate of drug-likeness (QED) is 0.419. The van der Waals surface area contributed by atoms with Gasteiger partial charge in [-0.05, 0) is 43.2 Å². The van der Waals surface area contributed by atoms with Crippen LogP contribution in [0.3, 0.4) is 0 Å². The maximum absolute atomic E-state index is 5.28. The average molecular weight is 419 g/mol. The van der Waals surface area contributed by atoms with Crippen molar-refractivity contribution in [3.63, 3.8) is 0 Å². The molecule has 0 spiro atoms. The monoisotopic (exact) mass is 418 g/mol. The number of nitrogens with one attached hydrogen (secondary N) is 2. The summed E-state index contributed by atoms with van der Waals surface area (Å²) < 4.78 is 5.28. The van der Waals surface area contributed by atoms with Crippen molar-refractivity contribution in [2.75, 3.05) is 17.7 Å². The van der Waals surface area contributed by atoms with Crippen molar-refractivity contribution in [1.29, 1.82) is 0 Å². The van der Waals surface area contributed by atoms with Gasteiger partial charge >= 0.3 is 0 Å². The van der Waals surface area contributed by atoms with Crippen molar-refractivity contribution in [2.24, 2.45) is 0 Å². The zero-order valence-corrected chi connectivity index (χ0v) is 17.4. The summed E-state index contributed by atoms with van der Waals surface area (Å²) in [5, 5.41) is 17.2. The van der Waals surface area contributed by atoms with Crippen LogP contribution in [0.25, 0.3) is 11.0 Å². The molecule has 1 aliphatic carbocycles. The third kappa shape index (κ3) is 4.04. The third-order valence-corrected chi connectivity index (χ3v) is 6.28. The number of rotatable bonds is 6. The predicted octanol–water partition coefficient (Wildman–Crippen LogP) is 5.63. The molecule has 0 saturated heterocycles. The number of ether oxygens (including phenoxy) is 1. The molecule has 1 fully saturated rings. The lowest BCUT2D eigenvalue weighted by molar-refractivity contribution is 0.415. The molecule has 3 aromatic heterocycles. The molecule has 1 saturated carbocycles. The molecule has 7 nitrogen and oxygen atoms in total. The van der Waals surface area contributed by atoms with E-state index in [1.807, 2.05) is 42.5 Å². The van der Waals surface area contributed by atoms with Crippen molar-refractivity contribution in [3.05, 3.63) is 53.7 Å². The van der Waals surface area contributed by atoms with Gasteiger partial charge < -0.3 is 15.4 Å². The molecule has 1 aromatic carbocycles. The normalized spacial score (nSPS) is 14.2. The molecule has 3 heterocycles. The number of aromatic nitrogens is 4. The predicted molar refractivity (Wildman–Crippen MR) is 120 cm³/mol. The van der Waals surface area contributed by atoms with Gasteiger partial charge in [-0.2, -0.15) is 0 Å². The van der Waals surface area contributed by atoms with Gasteiger partial charge in [-0.3, -0.25) is 4.98 Å². The van der Waals surface area contributed by atoms with Crippen molar-refractivity contribution in [3.8, 4) is 5.75 Å². The number of methoxy groups -OCH3 is 1. The Kier molecular flexibility index (Phi) is 5.15. The lowest BCUT2D eigenvalue weighted by atomic mass is 10.1. The highest BCUT2D eigenvalue weighted by Crippen LogP contribution is 2.37. The van der Waals surface area contributed by atoms with Crippen LogP contribution in [0.2, 0.25) is 0 Å². The van der Waals surface area contributed by atoms with Crippen LogP contribution in [0.15, 0.2) is 48.7 Å². The van der Waals surface area contributed by atoms with E-state index in [9.17, 15) is 0 Å². The van der Waals surface area contributed by atoms with Crippen molar-refractivity contribution in [1.82, 2.24) is 20.2 Å². The minimum absolute atomic E-state index is 0.567. The van der Waals surface area contributed by atoms with Crippen molar-refractivity contribution in [2.45, 2.75) is 31.6 Å². The van der Waals surface area contributed by atoms with Gasteiger partial charge in [-0.1, -0.05) is 30.2 Å². The number of hydrogen-bond acceptors (Lipinski definition) is 8. The first-order chi connectivity index (χ1) is 14.8. The van der Waals surface area contributed by atoms with E-state index in [4.69, 9.17) is 9.72 Å². The number of benzene rings is 1. The summed E-state index contributed by atoms with van der Waals surface area (Å²) in [5.41, 5.74) is 3.42. The van der Waals surface area contributed by atoms with Crippen LogP contribution in [-0.2, 0) is 0 Å². The largest absolute Gasteiger partial charge is 0.497 e. The summed E-state index contributed by atoms with van der Waals surface area (Å²) in [7, 11) is 1.66. The van der Waals surface area contributed by atoms with Crippen LogP contribution in [0.4, 0.5) is 22.3 Å². The molecule has 0 bridgehead atoms. The molecule has 0 unspecified atom stereocenters. The van der Waals surface area contributed by atoms with E-state index < -0.39 is 0 Å². The summed E-state index contributed by atoms with van der Waals surface area (Å²) in [6, 6.07) is 13.6. The molecule has 0 aliphatic heterocycles. The zero-order chi connectivity index (χ0) is 20.3. The van der Waals surface area contributed by atoms with Crippen LogP contribution in [0, 0.1) is 0 Å². The molecule has 152 valence electrons. The summed E-state index contributed by atoms with van der Waals surface area (Å²) in [4.78, 5) is 9.23. The number of fused-ring (bicyclic) bond motifs is 1. The Labute approximate surface area is 178 Å². The maximum atomic E-state index is 5.28. The Morgan fingerprint density at radius 3 is 2.73 bits per heavy atom. The molecule has 2 N–H and O–H groups in total. The van der Waals surface area contributed by atoms with Gasteiger partial charge in [0.25, 0.3) is 0 Å². The molecular weight excluding hydrogens is 396 g/mol. The second-order valence-corrected chi connectivity index (χ2v) is 8.38. The van der Waals surface area contributed by atoms with E-state index in [1.54, 1.807) is 24.6 Å². The second kappa shape index (κ2) is 8.23. The second-order valence-electron chi connectivity index (χ2n) is 7.37. The first-order valence-corrected chi connectivity index (χ1v) is 10.9. The fourth-order valence-corrected chi connectivity index (χ4v) is 4.66. The third-order valence-electron chi connectivity index (χ3n) is 5.28. The average Bonchev–Trinajstić information content (AvgIpc) is 3.46. The van der Waals surface area contributed by atoms with E-state index in [0.717, 1.165) is 44.1 Å². The first-order valence-electron chi connectivity index (χ1n) is 10.1. The Balaban J connectivity index is 1.35. The Hall–Kier alpha value is -3.26. The topological polar surface area (TPSA) is 84.9 Å². The van der Waals surface area contributed by atoms with Crippen molar-refractivity contribution < 1.29 is 4.74 Å². The van der Waals surface area contributed by atoms with Gasteiger partial charge in [0.2, 0.25) is 5.13 Å². The lowest BCUT2D eigenvalue weighted by Gasteiger charge is -2.09. The lowest BCUT2D eigenvalue weighted by Crippen LogP contribution is -1.96.